The van der Waals surface area contributed by atoms with Gasteiger partial charge in [0.25, 0.3) is 5.91 Å². The van der Waals surface area contributed by atoms with Crippen LogP contribution in [0.1, 0.15) is 19.3 Å². The largest absolute Gasteiger partial charge is 0.274 e. The lowest BCUT2D eigenvalue weighted by Gasteiger charge is -2.20. The lowest BCUT2D eigenvalue weighted by molar-refractivity contribution is -0.144. The Hall–Kier alpha value is -2.50. The summed E-state index contributed by atoms with van der Waals surface area (Å²) in [4.78, 5) is 49.7. The second-order valence-electron chi connectivity index (χ2n) is 4.78. The van der Waals surface area contributed by atoms with Gasteiger partial charge in [-0.2, -0.15) is 0 Å². The average molecular weight is 272 g/mol. The van der Waals surface area contributed by atoms with Gasteiger partial charge in [0.1, 0.15) is 6.04 Å². The lowest BCUT2D eigenvalue weighted by atomic mass is 10.2. The summed E-state index contributed by atoms with van der Waals surface area (Å²) in [5, 5.41) is 0. The van der Waals surface area contributed by atoms with Crippen molar-refractivity contribution in [2.75, 3.05) is 4.90 Å². The molecule has 0 radical (unpaired) electrons. The van der Waals surface area contributed by atoms with Gasteiger partial charge in [-0.3, -0.25) is 24.1 Å². The summed E-state index contributed by atoms with van der Waals surface area (Å²) >= 11 is 0. The minimum Gasteiger partial charge on any atom is -0.274 e. The van der Waals surface area contributed by atoms with Gasteiger partial charge in [0, 0.05) is 12.8 Å². The van der Waals surface area contributed by atoms with Crippen molar-refractivity contribution in [3.63, 3.8) is 0 Å². The molecule has 0 aromatic heterocycles. The highest BCUT2D eigenvalue weighted by Crippen LogP contribution is 2.28. The summed E-state index contributed by atoms with van der Waals surface area (Å²) < 4.78 is 0. The highest BCUT2D eigenvalue weighted by molar-refractivity contribution is 6.24. The van der Waals surface area contributed by atoms with Crippen LogP contribution in [-0.2, 0) is 19.2 Å². The van der Waals surface area contributed by atoms with Gasteiger partial charge >= 0.3 is 0 Å². The molecule has 0 bridgehead atoms. The molecule has 0 spiro atoms. The monoisotopic (exact) mass is 272 g/mol. The fraction of sp³-hybridized carbons (Fsp3) is 0.286. The number of rotatable bonds is 2. The molecule has 2 aliphatic rings. The Morgan fingerprint density at radius 2 is 1.45 bits per heavy atom. The molecular weight excluding hydrogens is 260 g/mol. The smallest absolute Gasteiger partial charge is 0.257 e. The third kappa shape index (κ3) is 1.80. The molecule has 1 unspecified atom stereocenters. The molecule has 4 amide bonds. The minimum atomic E-state index is -0.981. The van der Waals surface area contributed by atoms with Crippen molar-refractivity contribution in [1.82, 2.24) is 4.90 Å². The van der Waals surface area contributed by atoms with Crippen molar-refractivity contribution in [1.29, 1.82) is 0 Å². The molecule has 1 aromatic carbocycles. The van der Waals surface area contributed by atoms with Gasteiger partial charge in [0.05, 0.1) is 12.1 Å². The highest BCUT2D eigenvalue weighted by atomic mass is 16.2. The maximum atomic E-state index is 12.4. The number of para-hydroxylation sites is 1. The molecule has 20 heavy (non-hydrogen) atoms. The number of carbonyl (C=O) groups excluding carboxylic acids is 4. The maximum Gasteiger partial charge on any atom is 0.257 e. The van der Waals surface area contributed by atoms with Gasteiger partial charge in [-0.15, -0.1) is 0 Å². The normalized spacial score (nSPS) is 23.1. The second kappa shape index (κ2) is 4.56. The second-order valence-corrected chi connectivity index (χ2v) is 4.78. The van der Waals surface area contributed by atoms with E-state index in [4.69, 9.17) is 0 Å². The van der Waals surface area contributed by atoms with E-state index in [1.165, 1.54) is 0 Å². The molecule has 6 heteroatoms. The van der Waals surface area contributed by atoms with Crippen LogP contribution in [0.4, 0.5) is 5.69 Å². The van der Waals surface area contributed by atoms with Crippen molar-refractivity contribution in [2.45, 2.75) is 25.3 Å². The van der Waals surface area contributed by atoms with E-state index in [0.717, 1.165) is 9.80 Å². The van der Waals surface area contributed by atoms with Crippen LogP contribution in [0.5, 0.6) is 0 Å². The Morgan fingerprint density at radius 1 is 0.850 bits per heavy atom. The average Bonchev–Trinajstić information content (AvgIpc) is 2.91. The minimum absolute atomic E-state index is 0.113. The first-order valence-corrected chi connectivity index (χ1v) is 6.36. The van der Waals surface area contributed by atoms with Crippen LogP contribution in [0.15, 0.2) is 30.3 Å². The third-order valence-electron chi connectivity index (χ3n) is 3.54. The number of anilines is 1. The molecule has 2 aliphatic heterocycles. The molecule has 1 aromatic rings. The summed E-state index contributed by atoms with van der Waals surface area (Å²) in [6.07, 6.45) is 0.0927. The molecule has 0 saturated carbocycles. The molecular formula is C14H12N2O4. The van der Waals surface area contributed by atoms with Crippen molar-refractivity contribution in [3.8, 4) is 0 Å². The van der Waals surface area contributed by atoms with E-state index in [0.29, 0.717) is 5.69 Å². The summed E-state index contributed by atoms with van der Waals surface area (Å²) in [5.74, 6) is -1.66. The lowest BCUT2D eigenvalue weighted by Crippen LogP contribution is -2.44. The van der Waals surface area contributed by atoms with Crippen LogP contribution in [0, 0.1) is 0 Å². The predicted octanol–water partition coefficient (Wildman–Crippen LogP) is 0.467. The number of likely N-dealkylation sites (tertiary alicyclic amines) is 1. The topological polar surface area (TPSA) is 74.8 Å². The Balaban J connectivity index is 1.91. The van der Waals surface area contributed by atoms with E-state index in [1.807, 2.05) is 0 Å². The number of nitrogens with zero attached hydrogens (tertiary/aromatic N) is 2. The molecule has 0 aliphatic carbocycles. The molecule has 102 valence electrons. The number of hydrogen-bond donors (Lipinski definition) is 0. The molecule has 2 fully saturated rings. The zero-order chi connectivity index (χ0) is 14.3. The number of amides is 4. The SMILES string of the molecule is O=C1CC(N2C(=O)CCC2=O)C(=O)N1c1ccccc1. The van der Waals surface area contributed by atoms with Crippen LogP contribution in [0.2, 0.25) is 0 Å². The zero-order valence-electron chi connectivity index (χ0n) is 10.6. The van der Waals surface area contributed by atoms with Crippen molar-refractivity contribution >= 4 is 29.3 Å². The molecule has 2 saturated heterocycles. The first-order chi connectivity index (χ1) is 9.59. The fourth-order valence-corrected chi connectivity index (χ4v) is 2.61. The zero-order valence-corrected chi connectivity index (χ0v) is 10.6. The molecule has 1 atom stereocenters. The summed E-state index contributed by atoms with van der Waals surface area (Å²) in [6, 6.07) is 7.52. The van der Waals surface area contributed by atoms with Gasteiger partial charge in [0.15, 0.2) is 0 Å². The van der Waals surface area contributed by atoms with Crippen LogP contribution >= 0.6 is 0 Å². The van der Waals surface area contributed by atoms with Crippen molar-refractivity contribution < 1.29 is 19.2 Å². The fourth-order valence-electron chi connectivity index (χ4n) is 2.61. The molecule has 3 rings (SSSR count). The summed E-state index contributed by atoms with van der Waals surface area (Å²) in [6.45, 7) is 0. The summed E-state index contributed by atoms with van der Waals surface area (Å²) in [5.41, 5.74) is 0.462. The van der Waals surface area contributed by atoms with Gasteiger partial charge in [-0.25, -0.2) is 4.90 Å². The number of carbonyl (C=O) groups is 4. The highest BCUT2D eigenvalue weighted by Gasteiger charge is 2.48. The van der Waals surface area contributed by atoms with Gasteiger partial charge in [-0.05, 0) is 12.1 Å². The number of hydrogen-bond acceptors (Lipinski definition) is 4. The Labute approximate surface area is 115 Å². The first-order valence-electron chi connectivity index (χ1n) is 6.36. The number of benzene rings is 1. The molecule has 0 N–H and O–H groups in total. The van der Waals surface area contributed by atoms with Crippen LogP contribution in [-0.4, -0.2) is 34.6 Å². The van der Waals surface area contributed by atoms with Crippen LogP contribution < -0.4 is 4.90 Å². The van der Waals surface area contributed by atoms with Gasteiger partial charge < -0.3 is 0 Å². The van der Waals surface area contributed by atoms with Crippen molar-refractivity contribution in [2.24, 2.45) is 0 Å². The van der Waals surface area contributed by atoms with Crippen LogP contribution in [0.3, 0.4) is 0 Å². The van der Waals surface area contributed by atoms with E-state index >= 15 is 0 Å². The maximum absolute atomic E-state index is 12.4. The third-order valence-corrected chi connectivity index (χ3v) is 3.54. The summed E-state index contributed by atoms with van der Waals surface area (Å²) in [7, 11) is 0. The number of imide groups is 2. The van der Waals surface area contributed by atoms with Crippen molar-refractivity contribution in [3.05, 3.63) is 30.3 Å². The predicted molar refractivity (Wildman–Crippen MR) is 68.4 cm³/mol. The Bertz CT molecular complexity index is 595. The molecule has 2 heterocycles. The van der Waals surface area contributed by atoms with E-state index in [-0.39, 0.29) is 31.1 Å². The van der Waals surface area contributed by atoms with Crippen LogP contribution in [0.25, 0.3) is 0 Å². The van der Waals surface area contributed by atoms with E-state index in [2.05, 4.69) is 0 Å². The first kappa shape index (κ1) is 12.5. The Kier molecular flexibility index (Phi) is 2.85. The van der Waals surface area contributed by atoms with E-state index in [9.17, 15) is 19.2 Å². The van der Waals surface area contributed by atoms with Gasteiger partial charge in [-0.1, -0.05) is 18.2 Å². The Morgan fingerprint density at radius 3 is 2.05 bits per heavy atom. The van der Waals surface area contributed by atoms with E-state index in [1.54, 1.807) is 30.3 Å². The standard InChI is InChI=1S/C14H12N2O4/c17-11-6-7-12(18)16(11)10-8-13(19)15(14(10)20)9-4-2-1-3-5-9/h1-5,10H,6-8H2. The molecule has 6 nitrogen and oxygen atoms in total. The van der Waals surface area contributed by atoms with E-state index < -0.39 is 17.9 Å². The quantitative estimate of drug-likeness (QED) is 0.733. The van der Waals surface area contributed by atoms with Gasteiger partial charge in [0.2, 0.25) is 17.7 Å².